The van der Waals surface area contributed by atoms with Crippen molar-refractivity contribution in [2.24, 2.45) is 45.3 Å². The first-order valence-corrected chi connectivity index (χ1v) is 21.0. The lowest BCUT2D eigenvalue weighted by atomic mass is 9.34. The highest BCUT2D eigenvalue weighted by Gasteiger charge is 2.74. The van der Waals surface area contributed by atoms with Crippen LogP contribution >= 0.6 is 0 Å². The van der Waals surface area contributed by atoms with Crippen LogP contribution in [0.5, 0.6) is 0 Å². The Morgan fingerprint density at radius 3 is 1.89 bits per heavy atom. The lowest BCUT2D eigenvalue weighted by Crippen LogP contribution is -2.71. The number of aliphatic hydroxyl groups is 10. The quantitative estimate of drug-likeness (QED) is 0.110. The van der Waals surface area contributed by atoms with Crippen molar-refractivity contribution in [1.29, 1.82) is 0 Å². The molecule has 6 aliphatic rings. The van der Waals surface area contributed by atoms with E-state index in [1.54, 1.807) is 0 Å². The van der Waals surface area contributed by atoms with Crippen LogP contribution in [-0.2, 0) is 18.9 Å². The number of allylic oxidation sites excluding steroid dienone is 2. The van der Waals surface area contributed by atoms with Crippen molar-refractivity contribution in [3.63, 3.8) is 0 Å². The van der Waals surface area contributed by atoms with Gasteiger partial charge in [-0.2, -0.15) is 0 Å². The van der Waals surface area contributed by atoms with Crippen LogP contribution in [0.2, 0.25) is 0 Å². The summed E-state index contributed by atoms with van der Waals surface area (Å²) >= 11 is 0. The summed E-state index contributed by atoms with van der Waals surface area (Å²) < 4.78 is 25.4. The van der Waals surface area contributed by atoms with Gasteiger partial charge in [-0.3, -0.25) is 0 Å². The monoisotopic (exact) mass is 800 g/mol. The molecule has 2 heterocycles. The zero-order valence-electron chi connectivity index (χ0n) is 34.6. The minimum absolute atomic E-state index is 0.000258. The Labute approximate surface area is 331 Å². The number of rotatable bonds is 10. The summed E-state index contributed by atoms with van der Waals surface area (Å²) in [5, 5.41) is 109. The smallest absolute Gasteiger partial charge is 0.187 e. The lowest BCUT2D eigenvalue weighted by molar-refractivity contribution is -0.349. The third-order valence-corrected chi connectivity index (χ3v) is 16.6. The third kappa shape index (κ3) is 7.06. The lowest BCUT2D eigenvalue weighted by Gasteiger charge is -2.72. The van der Waals surface area contributed by atoms with Crippen LogP contribution in [0.1, 0.15) is 107 Å². The van der Waals surface area contributed by atoms with E-state index in [1.807, 2.05) is 34.6 Å². The largest absolute Gasteiger partial charge is 0.394 e. The molecule has 6 fully saturated rings. The molecule has 0 unspecified atom stereocenters. The fraction of sp³-hybridized carbons (Fsp3) is 0.952. The molecule has 2 saturated heterocycles. The van der Waals surface area contributed by atoms with E-state index >= 15 is 0 Å². The Morgan fingerprint density at radius 2 is 1.32 bits per heavy atom. The SMILES string of the molecule is CC(C)=CCC[C@](C)(O[C@@H]1O[C@H](CO)[C@@H](O)[C@H](O)[C@@H]1O)[C@H]1CC[C@]2(C)[C@H]1[C@H](O)C[C@@H]1[C@@]3(C)CC[C@H](O)C(C)(C)[C@H]3[C@@H](O[C@@H]3O[C@@H](CO)[C@H](O)[C@@H](O)[C@@H]3O)C[C@]12C. The number of hydrogen-bond donors (Lipinski definition) is 10. The zero-order valence-corrected chi connectivity index (χ0v) is 34.6. The first kappa shape index (κ1) is 44.7. The summed E-state index contributed by atoms with van der Waals surface area (Å²) in [4.78, 5) is 0. The fourth-order valence-electron chi connectivity index (χ4n) is 13.5. The molecule has 0 aromatic carbocycles. The van der Waals surface area contributed by atoms with Crippen molar-refractivity contribution in [1.82, 2.24) is 0 Å². The second-order valence-electron chi connectivity index (χ2n) is 20.2. The van der Waals surface area contributed by atoms with Gasteiger partial charge in [-0.1, -0.05) is 46.3 Å². The second kappa shape index (κ2) is 15.9. The van der Waals surface area contributed by atoms with Gasteiger partial charge in [-0.05, 0) is 117 Å². The maximum atomic E-state index is 12.6. The predicted molar refractivity (Wildman–Crippen MR) is 202 cm³/mol. The molecule has 2 aliphatic heterocycles. The average molecular weight is 801 g/mol. The first-order chi connectivity index (χ1) is 26.0. The Bertz CT molecular complexity index is 1400. The standard InChI is InChI=1S/C42H72O14/c1-20(2)10-9-13-42(8,56-37-34(52)32(50)30(48)25(19-44)55-37)21-11-15-40(6)28(21)22(45)16-26-39(5)14-12-27(46)38(3,4)35(39)23(17-41(26,40)7)53-36-33(51)31(49)29(47)24(18-43)54-36/h10,21-37,43-52H,9,11-19H2,1-8H3/t21-,22+,23-,24-,25+,26+,27-,28+,29-,30+,31+,32-,33-,34-,35+,36+,37-,39+,40+,41+,42-/m0/s1. The van der Waals surface area contributed by atoms with Gasteiger partial charge < -0.3 is 70.0 Å². The van der Waals surface area contributed by atoms with Crippen molar-refractivity contribution in [3.8, 4) is 0 Å². The maximum Gasteiger partial charge on any atom is 0.187 e. The van der Waals surface area contributed by atoms with Gasteiger partial charge in [0.2, 0.25) is 0 Å². The molecule has 0 radical (unpaired) electrons. The molecule has 0 aromatic heterocycles. The van der Waals surface area contributed by atoms with Crippen LogP contribution in [0.25, 0.3) is 0 Å². The second-order valence-corrected chi connectivity index (χ2v) is 20.2. The molecule has 0 amide bonds. The molecule has 4 saturated carbocycles. The number of ether oxygens (including phenoxy) is 4. The summed E-state index contributed by atoms with van der Waals surface area (Å²) in [5.74, 6) is -0.781. The van der Waals surface area contributed by atoms with Gasteiger partial charge in [-0.25, -0.2) is 0 Å². The summed E-state index contributed by atoms with van der Waals surface area (Å²) in [6.45, 7) is 15.7. The van der Waals surface area contributed by atoms with E-state index in [4.69, 9.17) is 18.9 Å². The number of fused-ring (bicyclic) bond motifs is 5. The van der Waals surface area contributed by atoms with Gasteiger partial charge >= 0.3 is 0 Å². The minimum atomic E-state index is -1.61. The molecule has 6 rings (SSSR count). The predicted octanol–water partition coefficient (Wildman–Crippen LogP) is 1.12. The molecule has 324 valence electrons. The highest BCUT2D eigenvalue weighted by Crippen LogP contribution is 2.76. The van der Waals surface area contributed by atoms with Crippen molar-refractivity contribution in [2.45, 2.75) is 192 Å². The summed E-state index contributed by atoms with van der Waals surface area (Å²) in [5.41, 5.74) is -1.92. The molecule has 21 atom stereocenters. The molecule has 56 heavy (non-hydrogen) atoms. The molecular formula is C42H72O14. The van der Waals surface area contributed by atoms with E-state index in [9.17, 15) is 51.1 Å². The van der Waals surface area contributed by atoms with Crippen molar-refractivity contribution in [2.75, 3.05) is 13.2 Å². The van der Waals surface area contributed by atoms with Crippen LogP contribution in [0.15, 0.2) is 11.6 Å². The molecule has 0 bridgehead atoms. The van der Waals surface area contributed by atoms with Gasteiger partial charge in [-0.15, -0.1) is 0 Å². The van der Waals surface area contributed by atoms with Crippen LogP contribution in [0.4, 0.5) is 0 Å². The zero-order chi connectivity index (χ0) is 41.5. The Balaban J connectivity index is 1.39. The molecule has 0 aromatic rings. The minimum Gasteiger partial charge on any atom is -0.394 e. The van der Waals surface area contributed by atoms with Crippen molar-refractivity contribution < 1.29 is 70.0 Å². The third-order valence-electron chi connectivity index (χ3n) is 16.6. The highest BCUT2D eigenvalue weighted by atomic mass is 16.7. The molecular weight excluding hydrogens is 728 g/mol. The van der Waals surface area contributed by atoms with Crippen LogP contribution in [0, 0.1) is 45.3 Å². The molecule has 14 heteroatoms. The van der Waals surface area contributed by atoms with E-state index in [2.05, 4.69) is 26.8 Å². The van der Waals surface area contributed by atoms with Crippen molar-refractivity contribution in [3.05, 3.63) is 11.6 Å². The summed E-state index contributed by atoms with van der Waals surface area (Å²) in [7, 11) is 0. The molecule has 10 N–H and O–H groups in total. The molecule has 4 aliphatic carbocycles. The summed E-state index contributed by atoms with van der Waals surface area (Å²) in [6, 6.07) is 0. The van der Waals surface area contributed by atoms with Crippen LogP contribution < -0.4 is 0 Å². The first-order valence-electron chi connectivity index (χ1n) is 21.0. The Morgan fingerprint density at radius 1 is 0.750 bits per heavy atom. The molecule has 14 nitrogen and oxygen atoms in total. The van der Waals surface area contributed by atoms with E-state index in [0.717, 1.165) is 12.0 Å². The van der Waals surface area contributed by atoms with Gasteiger partial charge in [0.15, 0.2) is 12.6 Å². The Hall–Kier alpha value is -0.820. The van der Waals surface area contributed by atoms with E-state index in [0.29, 0.717) is 44.9 Å². The van der Waals surface area contributed by atoms with E-state index < -0.39 is 120 Å². The van der Waals surface area contributed by atoms with Gasteiger partial charge in [0.1, 0.15) is 48.8 Å². The maximum absolute atomic E-state index is 12.6. The normalized spacial score (nSPS) is 52.6. The molecule has 0 spiro atoms. The van der Waals surface area contributed by atoms with Crippen LogP contribution in [0.3, 0.4) is 0 Å². The number of aliphatic hydroxyl groups excluding tert-OH is 10. The van der Waals surface area contributed by atoms with Gasteiger partial charge in [0.05, 0.1) is 37.1 Å². The van der Waals surface area contributed by atoms with Gasteiger partial charge in [0, 0.05) is 0 Å². The Kier molecular flexibility index (Phi) is 12.7. The van der Waals surface area contributed by atoms with E-state index in [1.165, 1.54) is 0 Å². The average Bonchev–Trinajstić information content (AvgIpc) is 3.52. The van der Waals surface area contributed by atoms with Crippen LogP contribution in [-0.4, -0.2) is 150 Å². The van der Waals surface area contributed by atoms with E-state index in [-0.39, 0.29) is 23.7 Å². The fourth-order valence-corrected chi connectivity index (χ4v) is 13.5. The van der Waals surface area contributed by atoms with Gasteiger partial charge in [0.25, 0.3) is 0 Å². The topological polar surface area (TPSA) is 239 Å². The number of hydrogen-bond acceptors (Lipinski definition) is 14. The summed E-state index contributed by atoms with van der Waals surface area (Å²) in [6.07, 6.45) is -9.52. The van der Waals surface area contributed by atoms with Crippen molar-refractivity contribution >= 4 is 0 Å². The highest BCUT2D eigenvalue weighted by molar-refractivity contribution is 5.22.